The van der Waals surface area contributed by atoms with Gasteiger partial charge in [-0.3, -0.25) is 0 Å². The van der Waals surface area contributed by atoms with Crippen molar-refractivity contribution in [2.75, 3.05) is 6.54 Å². The van der Waals surface area contributed by atoms with Crippen molar-refractivity contribution in [1.82, 2.24) is 13.1 Å². The van der Waals surface area contributed by atoms with Gasteiger partial charge in [0.15, 0.2) is 0 Å². The monoisotopic (exact) mass is 342 g/mol. The molecule has 6 nitrogen and oxygen atoms in total. The van der Waals surface area contributed by atoms with Gasteiger partial charge in [0.05, 0.1) is 22.8 Å². The summed E-state index contributed by atoms with van der Waals surface area (Å²) < 4.78 is 35.5. The number of sulfonamides is 1. The van der Waals surface area contributed by atoms with Crippen LogP contribution in [0.5, 0.6) is 0 Å². The Balaban J connectivity index is 2.11. The molecule has 2 heterocycles. The number of fused-ring (bicyclic) bond motifs is 1. The van der Waals surface area contributed by atoms with Crippen molar-refractivity contribution in [2.24, 2.45) is 5.73 Å². The second kappa shape index (κ2) is 5.56. The molecule has 1 aromatic carbocycles. The van der Waals surface area contributed by atoms with Crippen molar-refractivity contribution >= 4 is 50.0 Å². The second-order valence-corrected chi connectivity index (χ2v) is 7.78. The number of thiocarbonyl (C=S) groups is 1. The summed E-state index contributed by atoms with van der Waals surface area (Å²) >= 11 is 6.04. The first kappa shape index (κ1) is 14.8. The Morgan fingerprint density at radius 1 is 1.38 bits per heavy atom. The molecule has 1 atom stereocenters. The van der Waals surface area contributed by atoms with Gasteiger partial charge in [0.25, 0.3) is 0 Å². The maximum Gasteiger partial charge on any atom is 0.245 e. The first-order valence-corrected chi connectivity index (χ1v) is 9.12. The average Bonchev–Trinajstić information content (AvgIpc) is 2.95. The third kappa shape index (κ3) is 2.54. The van der Waals surface area contributed by atoms with Gasteiger partial charge >= 0.3 is 0 Å². The lowest BCUT2D eigenvalue weighted by atomic mass is 10.1. The number of hydrogen-bond donors (Lipinski definition) is 1. The summed E-state index contributed by atoms with van der Waals surface area (Å²) in [6.45, 7) is 0.429. The summed E-state index contributed by atoms with van der Waals surface area (Å²) in [6, 6.07) is 4.57. The Labute approximate surface area is 132 Å². The fourth-order valence-electron chi connectivity index (χ4n) is 2.59. The molecule has 9 heteroatoms. The summed E-state index contributed by atoms with van der Waals surface area (Å²) in [5.41, 5.74) is 6.72. The lowest BCUT2D eigenvalue weighted by Crippen LogP contribution is -2.49. The molecule has 0 bridgehead atoms. The molecule has 0 radical (unpaired) electrons. The van der Waals surface area contributed by atoms with Crippen molar-refractivity contribution in [3.05, 3.63) is 18.2 Å². The molecule has 0 saturated carbocycles. The van der Waals surface area contributed by atoms with E-state index in [1.165, 1.54) is 4.31 Å². The smallest absolute Gasteiger partial charge is 0.245 e. The summed E-state index contributed by atoms with van der Waals surface area (Å²) in [6.07, 6.45) is 2.40. The standard InChI is InChI=1S/C12H14N4O2S3/c13-12(19)9-5-1-2-7-16(9)21(17,18)10-6-3-4-8-11(10)15-20-14-8/h3-4,6,9H,1-2,5,7H2,(H2,13,19). The third-order valence-corrected chi connectivity index (χ3v) is 6.37. The normalized spacial score (nSPS) is 20.7. The quantitative estimate of drug-likeness (QED) is 0.851. The zero-order chi connectivity index (χ0) is 15.0. The van der Waals surface area contributed by atoms with Crippen molar-refractivity contribution in [1.29, 1.82) is 0 Å². The Morgan fingerprint density at radius 2 is 2.19 bits per heavy atom. The Kier molecular flexibility index (Phi) is 3.91. The molecule has 1 fully saturated rings. The van der Waals surface area contributed by atoms with Crippen LogP contribution in [0.25, 0.3) is 11.0 Å². The van der Waals surface area contributed by atoms with E-state index in [1.807, 2.05) is 0 Å². The zero-order valence-corrected chi connectivity index (χ0v) is 13.5. The summed E-state index contributed by atoms with van der Waals surface area (Å²) in [4.78, 5) is 0.402. The summed E-state index contributed by atoms with van der Waals surface area (Å²) in [5, 5.41) is 0. The number of nitrogens with zero attached hydrogens (tertiary/aromatic N) is 3. The van der Waals surface area contributed by atoms with Gasteiger partial charge < -0.3 is 5.73 Å². The molecular formula is C12H14N4O2S3. The highest BCUT2D eigenvalue weighted by molar-refractivity contribution is 7.89. The fourth-order valence-corrected chi connectivity index (χ4v) is 5.33. The lowest BCUT2D eigenvalue weighted by molar-refractivity contribution is 0.307. The average molecular weight is 342 g/mol. The molecule has 112 valence electrons. The molecule has 1 unspecified atom stereocenters. The van der Waals surface area contributed by atoms with E-state index in [1.54, 1.807) is 18.2 Å². The van der Waals surface area contributed by atoms with Gasteiger partial charge in [0.2, 0.25) is 10.0 Å². The number of piperidine rings is 1. The van der Waals surface area contributed by atoms with E-state index in [0.29, 0.717) is 24.0 Å². The Hall–Kier alpha value is -1.16. The first-order valence-electron chi connectivity index (χ1n) is 6.54. The predicted molar refractivity (Wildman–Crippen MR) is 85.7 cm³/mol. The molecule has 3 rings (SSSR count). The Bertz CT molecular complexity index is 787. The number of aromatic nitrogens is 2. The van der Waals surface area contributed by atoms with Crippen LogP contribution in [0.4, 0.5) is 0 Å². The van der Waals surface area contributed by atoms with Crippen molar-refractivity contribution in [2.45, 2.75) is 30.2 Å². The molecule has 21 heavy (non-hydrogen) atoms. The van der Waals surface area contributed by atoms with E-state index < -0.39 is 16.1 Å². The molecule has 1 aliphatic rings. The minimum absolute atomic E-state index is 0.178. The van der Waals surface area contributed by atoms with Gasteiger partial charge in [-0.2, -0.15) is 13.1 Å². The molecule has 0 aliphatic carbocycles. The van der Waals surface area contributed by atoms with E-state index in [4.69, 9.17) is 18.0 Å². The van der Waals surface area contributed by atoms with Crippen LogP contribution in [0.1, 0.15) is 19.3 Å². The SMILES string of the molecule is NC(=S)C1CCCCN1S(=O)(=O)c1cccc2nsnc12. The van der Waals surface area contributed by atoms with Crippen LogP contribution < -0.4 is 5.73 Å². The van der Waals surface area contributed by atoms with Crippen LogP contribution in [0, 0.1) is 0 Å². The number of hydrogen-bond acceptors (Lipinski definition) is 6. The maximum atomic E-state index is 13.0. The van der Waals surface area contributed by atoms with E-state index in [9.17, 15) is 8.42 Å². The van der Waals surface area contributed by atoms with Crippen LogP contribution in [0.3, 0.4) is 0 Å². The molecule has 0 amide bonds. The molecule has 1 saturated heterocycles. The maximum absolute atomic E-state index is 13.0. The van der Waals surface area contributed by atoms with Gasteiger partial charge in [0, 0.05) is 6.54 Å². The third-order valence-electron chi connectivity index (χ3n) is 3.62. The topological polar surface area (TPSA) is 89.2 Å². The van der Waals surface area contributed by atoms with E-state index in [2.05, 4.69) is 8.75 Å². The van der Waals surface area contributed by atoms with E-state index in [-0.39, 0.29) is 9.88 Å². The second-order valence-electron chi connectivity index (χ2n) is 4.92. The highest BCUT2D eigenvalue weighted by atomic mass is 32.2. The molecule has 2 aromatic rings. The first-order chi connectivity index (χ1) is 10.0. The van der Waals surface area contributed by atoms with Crippen molar-refractivity contribution in [3.8, 4) is 0 Å². The number of rotatable bonds is 3. The zero-order valence-electron chi connectivity index (χ0n) is 11.1. The van der Waals surface area contributed by atoms with Gasteiger partial charge in [-0.1, -0.05) is 24.7 Å². The largest absolute Gasteiger partial charge is 0.392 e. The minimum atomic E-state index is -3.68. The molecule has 1 aromatic heterocycles. The molecular weight excluding hydrogens is 328 g/mol. The van der Waals surface area contributed by atoms with Crippen LogP contribution >= 0.6 is 23.9 Å². The Morgan fingerprint density at radius 3 is 2.95 bits per heavy atom. The van der Waals surface area contributed by atoms with Gasteiger partial charge in [-0.05, 0) is 25.0 Å². The van der Waals surface area contributed by atoms with E-state index in [0.717, 1.165) is 24.6 Å². The summed E-state index contributed by atoms with van der Waals surface area (Å²) in [5.74, 6) is 0. The predicted octanol–water partition coefficient (Wildman–Crippen LogP) is 1.52. The fraction of sp³-hybridized carbons (Fsp3) is 0.417. The lowest BCUT2D eigenvalue weighted by Gasteiger charge is -2.33. The van der Waals surface area contributed by atoms with Gasteiger partial charge in [0.1, 0.15) is 15.9 Å². The van der Waals surface area contributed by atoms with Gasteiger partial charge in [-0.25, -0.2) is 8.42 Å². The van der Waals surface area contributed by atoms with Crippen molar-refractivity contribution in [3.63, 3.8) is 0 Å². The molecule has 0 spiro atoms. The van der Waals surface area contributed by atoms with Crippen LogP contribution in [-0.2, 0) is 10.0 Å². The van der Waals surface area contributed by atoms with Crippen molar-refractivity contribution < 1.29 is 8.42 Å². The molecule has 2 N–H and O–H groups in total. The molecule has 1 aliphatic heterocycles. The highest BCUT2D eigenvalue weighted by Gasteiger charge is 2.36. The minimum Gasteiger partial charge on any atom is -0.392 e. The highest BCUT2D eigenvalue weighted by Crippen LogP contribution is 2.29. The van der Waals surface area contributed by atoms with Gasteiger partial charge in [-0.15, -0.1) is 0 Å². The van der Waals surface area contributed by atoms with E-state index >= 15 is 0 Å². The summed E-state index contributed by atoms with van der Waals surface area (Å²) in [7, 11) is -3.68. The van der Waals surface area contributed by atoms with Crippen LogP contribution in [0.2, 0.25) is 0 Å². The number of benzene rings is 1. The van der Waals surface area contributed by atoms with Crippen LogP contribution in [0.15, 0.2) is 23.1 Å². The number of nitrogens with two attached hydrogens (primary N) is 1. The van der Waals surface area contributed by atoms with Crippen LogP contribution in [-0.4, -0.2) is 39.0 Å².